The van der Waals surface area contributed by atoms with Gasteiger partial charge in [-0.25, -0.2) is 9.97 Å². The van der Waals surface area contributed by atoms with Crippen LogP contribution in [0.25, 0.3) is 11.4 Å². The molecule has 126 valence electrons. The predicted molar refractivity (Wildman–Crippen MR) is 99.6 cm³/mol. The number of carbonyl (C=O) groups is 1. The van der Waals surface area contributed by atoms with E-state index in [0.29, 0.717) is 17.9 Å². The molecular formula is C18H22N4OS. The number of nitrogens with zero attached hydrogens (tertiary/aromatic N) is 3. The molecule has 1 aliphatic rings. The highest BCUT2D eigenvalue weighted by atomic mass is 32.2. The van der Waals surface area contributed by atoms with E-state index in [1.165, 1.54) is 0 Å². The van der Waals surface area contributed by atoms with Gasteiger partial charge >= 0.3 is 0 Å². The van der Waals surface area contributed by atoms with E-state index >= 15 is 0 Å². The zero-order chi connectivity index (χ0) is 16.8. The molecule has 1 amide bonds. The lowest BCUT2D eigenvalue weighted by Gasteiger charge is -2.29. The summed E-state index contributed by atoms with van der Waals surface area (Å²) in [5.74, 6) is 3.43. The average Bonchev–Trinajstić information content (AvgIpc) is 2.67. The summed E-state index contributed by atoms with van der Waals surface area (Å²) in [6.45, 7) is 4.51. The van der Waals surface area contributed by atoms with Gasteiger partial charge in [-0.3, -0.25) is 4.79 Å². The SMILES string of the molecule is CCCNC(=O)c1cnc(-c2ccccc2)nc1N1CCSCC1. The second kappa shape index (κ2) is 8.15. The highest BCUT2D eigenvalue weighted by Gasteiger charge is 2.21. The Morgan fingerprint density at radius 1 is 1.25 bits per heavy atom. The molecule has 5 nitrogen and oxygen atoms in total. The van der Waals surface area contributed by atoms with Gasteiger partial charge in [0.1, 0.15) is 11.4 Å². The zero-order valence-electron chi connectivity index (χ0n) is 13.9. The lowest BCUT2D eigenvalue weighted by atomic mass is 10.2. The molecule has 1 aromatic heterocycles. The number of nitrogens with one attached hydrogen (secondary N) is 1. The summed E-state index contributed by atoms with van der Waals surface area (Å²) in [7, 11) is 0. The monoisotopic (exact) mass is 342 g/mol. The van der Waals surface area contributed by atoms with Gasteiger partial charge in [-0.15, -0.1) is 0 Å². The van der Waals surface area contributed by atoms with Crippen molar-refractivity contribution in [3.05, 3.63) is 42.1 Å². The molecule has 1 aromatic carbocycles. The number of amides is 1. The third-order valence-electron chi connectivity index (χ3n) is 3.89. The highest BCUT2D eigenvalue weighted by molar-refractivity contribution is 7.99. The molecule has 1 aliphatic heterocycles. The van der Waals surface area contributed by atoms with Gasteiger partial charge in [0.05, 0.1) is 0 Å². The minimum Gasteiger partial charge on any atom is -0.354 e. The number of carbonyl (C=O) groups excluding carboxylic acids is 1. The van der Waals surface area contributed by atoms with E-state index in [1.807, 2.05) is 49.0 Å². The van der Waals surface area contributed by atoms with Crippen LogP contribution >= 0.6 is 11.8 Å². The molecule has 6 heteroatoms. The summed E-state index contributed by atoms with van der Waals surface area (Å²) in [6, 6.07) is 9.89. The van der Waals surface area contributed by atoms with Gasteiger partial charge in [-0.05, 0) is 6.42 Å². The lowest BCUT2D eigenvalue weighted by molar-refractivity contribution is 0.0953. The molecule has 0 saturated carbocycles. The Bertz CT molecular complexity index is 687. The molecule has 0 atom stereocenters. The van der Waals surface area contributed by atoms with Gasteiger partial charge in [0.25, 0.3) is 5.91 Å². The fourth-order valence-corrected chi connectivity index (χ4v) is 3.51. The summed E-state index contributed by atoms with van der Waals surface area (Å²) in [6.07, 6.45) is 2.57. The van der Waals surface area contributed by atoms with Crippen LogP contribution in [0.2, 0.25) is 0 Å². The molecule has 1 fully saturated rings. The Kier molecular flexibility index (Phi) is 5.69. The van der Waals surface area contributed by atoms with Gasteiger partial charge in [0, 0.05) is 42.9 Å². The van der Waals surface area contributed by atoms with Crippen molar-refractivity contribution in [2.75, 3.05) is 36.0 Å². The van der Waals surface area contributed by atoms with Crippen LogP contribution in [0.1, 0.15) is 23.7 Å². The number of rotatable bonds is 5. The summed E-state index contributed by atoms with van der Waals surface area (Å²) in [5, 5.41) is 2.94. The third-order valence-corrected chi connectivity index (χ3v) is 4.83. The number of hydrogen-bond acceptors (Lipinski definition) is 5. The molecule has 0 bridgehead atoms. The van der Waals surface area contributed by atoms with Crippen molar-refractivity contribution in [3.63, 3.8) is 0 Å². The maximum absolute atomic E-state index is 12.5. The normalized spacial score (nSPS) is 14.5. The predicted octanol–water partition coefficient (Wildman–Crippen LogP) is 2.84. The van der Waals surface area contributed by atoms with Crippen molar-refractivity contribution in [2.45, 2.75) is 13.3 Å². The van der Waals surface area contributed by atoms with Crippen LogP contribution in [-0.4, -0.2) is 47.0 Å². The first-order chi connectivity index (χ1) is 11.8. The van der Waals surface area contributed by atoms with Crippen LogP contribution in [0.3, 0.4) is 0 Å². The first kappa shape index (κ1) is 16.8. The smallest absolute Gasteiger partial charge is 0.256 e. The number of anilines is 1. The Labute approximate surface area is 146 Å². The topological polar surface area (TPSA) is 58.1 Å². The molecule has 0 unspecified atom stereocenters. The van der Waals surface area contributed by atoms with Crippen molar-refractivity contribution >= 4 is 23.5 Å². The van der Waals surface area contributed by atoms with E-state index in [1.54, 1.807) is 6.20 Å². The number of aromatic nitrogens is 2. The molecule has 0 radical (unpaired) electrons. The summed E-state index contributed by atoms with van der Waals surface area (Å²) >= 11 is 1.94. The van der Waals surface area contributed by atoms with Gasteiger partial charge < -0.3 is 10.2 Å². The van der Waals surface area contributed by atoms with Gasteiger partial charge in [0.2, 0.25) is 0 Å². The minimum absolute atomic E-state index is 0.0929. The highest BCUT2D eigenvalue weighted by Crippen LogP contribution is 2.24. The van der Waals surface area contributed by atoms with Gasteiger partial charge in [-0.2, -0.15) is 11.8 Å². The fourth-order valence-electron chi connectivity index (χ4n) is 2.61. The Morgan fingerprint density at radius 3 is 2.71 bits per heavy atom. The first-order valence-electron chi connectivity index (χ1n) is 8.33. The number of thioether (sulfide) groups is 1. The Balaban J connectivity index is 1.97. The van der Waals surface area contributed by atoms with E-state index in [-0.39, 0.29) is 5.91 Å². The van der Waals surface area contributed by atoms with Crippen molar-refractivity contribution in [1.82, 2.24) is 15.3 Å². The molecule has 3 rings (SSSR count). The van der Waals surface area contributed by atoms with Crippen LogP contribution in [0.4, 0.5) is 5.82 Å². The standard InChI is InChI=1S/C18H22N4OS/c1-2-8-19-18(23)15-13-20-16(14-6-4-3-5-7-14)21-17(15)22-9-11-24-12-10-22/h3-7,13H,2,8-12H2,1H3,(H,19,23). The molecule has 0 spiro atoms. The molecular weight excluding hydrogens is 320 g/mol. The van der Waals surface area contributed by atoms with E-state index in [0.717, 1.165) is 42.4 Å². The van der Waals surface area contributed by atoms with Crippen LogP contribution < -0.4 is 10.2 Å². The maximum atomic E-state index is 12.5. The van der Waals surface area contributed by atoms with Crippen molar-refractivity contribution in [3.8, 4) is 11.4 Å². The van der Waals surface area contributed by atoms with Crippen LogP contribution in [-0.2, 0) is 0 Å². The molecule has 1 saturated heterocycles. The summed E-state index contributed by atoms with van der Waals surface area (Å²) < 4.78 is 0. The molecule has 24 heavy (non-hydrogen) atoms. The average molecular weight is 342 g/mol. The third kappa shape index (κ3) is 3.87. The number of hydrogen-bond donors (Lipinski definition) is 1. The van der Waals surface area contributed by atoms with Crippen molar-refractivity contribution < 1.29 is 4.79 Å². The molecule has 1 N–H and O–H groups in total. The van der Waals surface area contributed by atoms with Gasteiger partial charge in [0.15, 0.2) is 5.82 Å². The molecule has 2 heterocycles. The Hall–Kier alpha value is -2.08. The quantitative estimate of drug-likeness (QED) is 0.905. The van der Waals surface area contributed by atoms with E-state index in [4.69, 9.17) is 4.98 Å². The maximum Gasteiger partial charge on any atom is 0.256 e. The van der Waals surface area contributed by atoms with Crippen LogP contribution in [0.15, 0.2) is 36.5 Å². The second-order valence-corrected chi connectivity index (χ2v) is 6.88. The van der Waals surface area contributed by atoms with E-state index in [9.17, 15) is 4.79 Å². The molecule has 2 aromatic rings. The van der Waals surface area contributed by atoms with Crippen molar-refractivity contribution in [1.29, 1.82) is 0 Å². The fraction of sp³-hybridized carbons (Fsp3) is 0.389. The summed E-state index contributed by atoms with van der Waals surface area (Å²) in [4.78, 5) is 23.9. The van der Waals surface area contributed by atoms with Crippen LogP contribution in [0, 0.1) is 0 Å². The first-order valence-corrected chi connectivity index (χ1v) is 9.48. The van der Waals surface area contributed by atoms with Crippen molar-refractivity contribution in [2.24, 2.45) is 0 Å². The molecule has 0 aliphatic carbocycles. The Morgan fingerprint density at radius 2 is 2.00 bits per heavy atom. The minimum atomic E-state index is -0.0929. The van der Waals surface area contributed by atoms with Crippen LogP contribution in [0.5, 0.6) is 0 Å². The summed E-state index contributed by atoms with van der Waals surface area (Å²) in [5.41, 5.74) is 1.53. The largest absolute Gasteiger partial charge is 0.354 e. The van der Waals surface area contributed by atoms with Gasteiger partial charge in [-0.1, -0.05) is 37.3 Å². The number of benzene rings is 1. The second-order valence-electron chi connectivity index (χ2n) is 5.65. The zero-order valence-corrected chi connectivity index (χ0v) is 14.7. The lowest BCUT2D eigenvalue weighted by Crippen LogP contribution is -2.36. The van der Waals surface area contributed by atoms with E-state index in [2.05, 4.69) is 15.2 Å². The van der Waals surface area contributed by atoms with E-state index < -0.39 is 0 Å².